The maximum Gasteiger partial charge on any atom is 0.270 e. The van der Waals surface area contributed by atoms with Gasteiger partial charge >= 0.3 is 0 Å². The molecule has 0 saturated carbocycles. The predicted molar refractivity (Wildman–Crippen MR) is 76.4 cm³/mol. The van der Waals surface area contributed by atoms with Gasteiger partial charge < -0.3 is 24.3 Å². The maximum atomic E-state index is 10.8. The van der Waals surface area contributed by atoms with Crippen molar-refractivity contribution in [3.8, 4) is 0 Å². The number of aromatic nitrogens is 1. The molecule has 1 aromatic carbocycles. The van der Waals surface area contributed by atoms with Crippen molar-refractivity contribution in [3.63, 3.8) is 0 Å². The second kappa shape index (κ2) is 5.65. The second-order valence-corrected chi connectivity index (χ2v) is 5.16. The van der Waals surface area contributed by atoms with Crippen LogP contribution in [0.25, 0.3) is 10.9 Å². The lowest BCUT2D eigenvalue weighted by Crippen LogP contribution is -2.34. The Kier molecular flexibility index (Phi) is 3.83. The third-order valence-corrected chi connectivity index (χ3v) is 3.95. The number of ether oxygens (including phenoxy) is 2. The van der Waals surface area contributed by atoms with Gasteiger partial charge in [-0.3, -0.25) is 10.1 Å². The molecule has 1 fully saturated rings. The fourth-order valence-corrected chi connectivity index (χ4v) is 2.83. The first kappa shape index (κ1) is 14.9. The van der Waals surface area contributed by atoms with Crippen molar-refractivity contribution in [3.05, 3.63) is 40.6 Å². The molecule has 0 amide bonds. The molecule has 1 aliphatic heterocycles. The Labute approximate surface area is 125 Å². The molecule has 118 valence electrons. The Bertz CT molecular complexity index is 700. The SMILES string of the molecule is CO[C@@H]1[C@H](O)[C@@H](CO)O[C@H]1n1ccc2cc([N+](=O)[O-])ccc21. The number of nitrogens with zero attached hydrogens (tertiary/aromatic N) is 2. The minimum absolute atomic E-state index is 0.00847. The Morgan fingerprint density at radius 1 is 1.45 bits per heavy atom. The van der Waals surface area contributed by atoms with Crippen molar-refractivity contribution < 1.29 is 24.6 Å². The Morgan fingerprint density at radius 3 is 2.86 bits per heavy atom. The summed E-state index contributed by atoms with van der Waals surface area (Å²) in [7, 11) is 1.46. The quantitative estimate of drug-likeness (QED) is 0.639. The van der Waals surface area contributed by atoms with Crippen molar-refractivity contribution in [2.45, 2.75) is 24.5 Å². The maximum absolute atomic E-state index is 10.8. The standard InChI is InChI=1S/C14H16N2O6/c1-21-13-12(18)11(7-17)22-14(13)15-5-4-8-6-9(16(19)20)2-3-10(8)15/h2-6,11-14,17-18H,7H2,1H3/t11-,12-,13-,14-/m1/s1. The summed E-state index contributed by atoms with van der Waals surface area (Å²) >= 11 is 0. The van der Waals surface area contributed by atoms with E-state index < -0.39 is 29.5 Å². The first-order valence-electron chi connectivity index (χ1n) is 6.79. The van der Waals surface area contributed by atoms with E-state index in [0.29, 0.717) is 5.39 Å². The van der Waals surface area contributed by atoms with E-state index in [1.54, 1.807) is 22.9 Å². The number of hydrogen-bond acceptors (Lipinski definition) is 6. The van der Waals surface area contributed by atoms with Gasteiger partial charge in [-0.1, -0.05) is 0 Å². The molecular formula is C14H16N2O6. The second-order valence-electron chi connectivity index (χ2n) is 5.16. The van der Waals surface area contributed by atoms with E-state index >= 15 is 0 Å². The third kappa shape index (κ3) is 2.26. The van der Waals surface area contributed by atoms with Crippen LogP contribution in [-0.4, -0.2) is 51.7 Å². The van der Waals surface area contributed by atoms with Crippen LogP contribution in [0.3, 0.4) is 0 Å². The molecule has 0 unspecified atom stereocenters. The molecule has 3 rings (SSSR count). The molecule has 1 aromatic heterocycles. The molecule has 0 bridgehead atoms. The van der Waals surface area contributed by atoms with E-state index in [-0.39, 0.29) is 12.3 Å². The lowest BCUT2D eigenvalue weighted by Gasteiger charge is -2.21. The van der Waals surface area contributed by atoms with E-state index in [1.165, 1.54) is 19.2 Å². The topological polar surface area (TPSA) is 107 Å². The summed E-state index contributed by atoms with van der Waals surface area (Å²) in [6.07, 6.45) is -1.21. The van der Waals surface area contributed by atoms with Crippen LogP contribution in [0.5, 0.6) is 0 Å². The first-order valence-corrected chi connectivity index (χ1v) is 6.79. The molecule has 22 heavy (non-hydrogen) atoms. The fourth-order valence-electron chi connectivity index (χ4n) is 2.83. The molecule has 0 aliphatic carbocycles. The molecule has 8 heteroatoms. The lowest BCUT2D eigenvalue weighted by molar-refractivity contribution is -0.384. The molecule has 2 heterocycles. The molecule has 1 saturated heterocycles. The minimum atomic E-state index is -0.949. The summed E-state index contributed by atoms with van der Waals surface area (Å²) in [4.78, 5) is 10.4. The summed E-state index contributed by atoms with van der Waals surface area (Å²) in [5.41, 5.74) is 0.734. The van der Waals surface area contributed by atoms with Crippen LogP contribution >= 0.6 is 0 Å². The van der Waals surface area contributed by atoms with Crippen LogP contribution in [0, 0.1) is 10.1 Å². The lowest BCUT2D eigenvalue weighted by atomic mass is 10.1. The van der Waals surface area contributed by atoms with Gasteiger partial charge in [-0.05, 0) is 12.1 Å². The smallest absolute Gasteiger partial charge is 0.270 e. The van der Waals surface area contributed by atoms with Crippen LogP contribution in [0.2, 0.25) is 0 Å². The van der Waals surface area contributed by atoms with Gasteiger partial charge in [-0.25, -0.2) is 0 Å². The number of nitro benzene ring substituents is 1. The Morgan fingerprint density at radius 2 is 2.23 bits per heavy atom. The zero-order valence-corrected chi connectivity index (χ0v) is 11.8. The van der Waals surface area contributed by atoms with Crippen LogP contribution in [-0.2, 0) is 9.47 Å². The third-order valence-electron chi connectivity index (χ3n) is 3.95. The number of aliphatic hydroxyl groups is 2. The molecule has 1 aliphatic rings. The van der Waals surface area contributed by atoms with Gasteiger partial charge in [-0.2, -0.15) is 0 Å². The Hall–Kier alpha value is -2.00. The number of hydrogen-bond donors (Lipinski definition) is 2. The molecule has 2 aromatic rings. The number of nitro groups is 1. The van der Waals surface area contributed by atoms with E-state index in [2.05, 4.69) is 0 Å². The van der Waals surface area contributed by atoms with Crippen LogP contribution in [0.1, 0.15) is 6.23 Å². The molecule has 0 radical (unpaired) electrons. The minimum Gasteiger partial charge on any atom is -0.394 e. The average molecular weight is 308 g/mol. The van der Waals surface area contributed by atoms with Gasteiger partial charge in [0.2, 0.25) is 0 Å². The zero-order valence-electron chi connectivity index (χ0n) is 11.8. The van der Waals surface area contributed by atoms with E-state index in [1.807, 2.05) is 0 Å². The summed E-state index contributed by atoms with van der Waals surface area (Å²) in [5, 5.41) is 30.9. The average Bonchev–Trinajstić information content (AvgIpc) is 3.06. The van der Waals surface area contributed by atoms with Crippen molar-refractivity contribution in [1.29, 1.82) is 0 Å². The summed E-state index contributed by atoms with van der Waals surface area (Å²) in [6, 6.07) is 6.25. The van der Waals surface area contributed by atoms with Crippen molar-refractivity contribution in [1.82, 2.24) is 4.57 Å². The highest BCUT2D eigenvalue weighted by molar-refractivity contribution is 5.82. The number of aliphatic hydroxyl groups excluding tert-OH is 2. The zero-order chi connectivity index (χ0) is 15.9. The van der Waals surface area contributed by atoms with E-state index in [4.69, 9.17) is 9.47 Å². The predicted octanol–water partition coefficient (Wildman–Crippen LogP) is 0.815. The van der Waals surface area contributed by atoms with Crippen LogP contribution in [0.15, 0.2) is 30.5 Å². The summed E-state index contributed by atoms with van der Waals surface area (Å²) in [6.45, 7) is -0.317. The first-order chi connectivity index (χ1) is 10.6. The largest absolute Gasteiger partial charge is 0.394 e. The highest BCUT2D eigenvalue weighted by Gasteiger charge is 2.44. The van der Waals surface area contributed by atoms with Crippen molar-refractivity contribution in [2.75, 3.05) is 13.7 Å². The molecular weight excluding hydrogens is 292 g/mol. The fraction of sp³-hybridized carbons (Fsp3) is 0.429. The van der Waals surface area contributed by atoms with E-state index in [9.17, 15) is 20.3 Å². The highest BCUT2D eigenvalue weighted by Crippen LogP contribution is 2.34. The van der Waals surface area contributed by atoms with Gasteiger partial charge in [0.25, 0.3) is 5.69 Å². The van der Waals surface area contributed by atoms with Gasteiger partial charge in [0, 0.05) is 30.8 Å². The highest BCUT2D eigenvalue weighted by atomic mass is 16.6. The van der Waals surface area contributed by atoms with Crippen LogP contribution < -0.4 is 0 Å². The number of benzene rings is 1. The van der Waals surface area contributed by atoms with Gasteiger partial charge in [0.1, 0.15) is 18.3 Å². The monoisotopic (exact) mass is 308 g/mol. The molecule has 2 N–H and O–H groups in total. The number of non-ortho nitro benzene ring substituents is 1. The normalized spacial score (nSPS) is 28.3. The van der Waals surface area contributed by atoms with Crippen molar-refractivity contribution in [2.24, 2.45) is 0 Å². The van der Waals surface area contributed by atoms with Gasteiger partial charge in [0.05, 0.1) is 17.0 Å². The number of fused-ring (bicyclic) bond motifs is 1. The summed E-state index contributed by atoms with van der Waals surface area (Å²) < 4.78 is 12.7. The number of rotatable bonds is 4. The van der Waals surface area contributed by atoms with Gasteiger partial charge in [0.15, 0.2) is 6.23 Å². The van der Waals surface area contributed by atoms with Crippen LogP contribution in [0.4, 0.5) is 5.69 Å². The number of methoxy groups -OCH3 is 1. The van der Waals surface area contributed by atoms with E-state index in [0.717, 1.165) is 5.52 Å². The Balaban J connectivity index is 2.01. The molecule has 4 atom stereocenters. The van der Waals surface area contributed by atoms with Crippen molar-refractivity contribution >= 4 is 16.6 Å². The molecule has 8 nitrogen and oxygen atoms in total. The van der Waals surface area contributed by atoms with Gasteiger partial charge in [-0.15, -0.1) is 0 Å². The summed E-state index contributed by atoms with van der Waals surface area (Å²) in [5.74, 6) is 0. The molecule has 0 spiro atoms.